The van der Waals surface area contributed by atoms with Crippen LogP contribution in [0.15, 0.2) is 29.3 Å². The highest BCUT2D eigenvalue weighted by molar-refractivity contribution is 5.84. The van der Waals surface area contributed by atoms with E-state index in [1.54, 1.807) is 14.1 Å². The van der Waals surface area contributed by atoms with Gasteiger partial charge in [0, 0.05) is 20.1 Å². The quantitative estimate of drug-likeness (QED) is 0.558. The minimum atomic E-state index is -0.0329. The Morgan fingerprint density at radius 1 is 1.28 bits per heavy atom. The van der Waals surface area contributed by atoms with Gasteiger partial charge in [0.05, 0.1) is 6.54 Å². The summed E-state index contributed by atoms with van der Waals surface area (Å²) in [6.45, 7) is 8.92. The molecule has 0 aliphatic heterocycles. The van der Waals surface area contributed by atoms with Crippen LogP contribution in [0.3, 0.4) is 0 Å². The molecular weight excluding hydrogens is 316 g/mol. The number of likely N-dealkylation sites (N-methyl/N-ethyl adjacent to an activating group) is 1. The predicted octanol–water partition coefficient (Wildman–Crippen LogP) is 2.18. The first-order valence-corrected chi connectivity index (χ1v) is 8.80. The van der Waals surface area contributed by atoms with Gasteiger partial charge in [0.15, 0.2) is 5.96 Å². The Bertz CT molecular complexity index is 572. The van der Waals surface area contributed by atoms with E-state index < -0.39 is 0 Å². The van der Waals surface area contributed by atoms with Crippen molar-refractivity contribution in [3.63, 3.8) is 0 Å². The molecule has 25 heavy (non-hydrogen) atoms. The number of guanidine groups is 1. The first kappa shape index (κ1) is 20.8. The van der Waals surface area contributed by atoms with E-state index >= 15 is 0 Å². The molecule has 0 saturated carbocycles. The minimum absolute atomic E-state index is 0.0328. The van der Waals surface area contributed by atoms with Crippen molar-refractivity contribution in [2.75, 3.05) is 27.2 Å². The van der Waals surface area contributed by atoms with Crippen LogP contribution in [0.5, 0.6) is 5.75 Å². The lowest BCUT2D eigenvalue weighted by atomic mass is 10.2. The van der Waals surface area contributed by atoms with Crippen LogP contribution in [0.2, 0.25) is 0 Å². The topological polar surface area (TPSA) is 66.0 Å². The predicted molar refractivity (Wildman–Crippen MR) is 103 cm³/mol. The lowest BCUT2D eigenvalue weighted by Crippen LogP contribution is -2.45. The Morgan fingerprint density at radius 2 is 1.96 bits per heavy atom. The average molecular weight is 348 g/mol. The summed E-state index contributed by atoms with van der Waals surface area (Å²) in [6, 6.07) is 8.22. The Balaban J connectivity index is 2.62. The molecule has 0 fully saturated rings. The van der Waals surface area contributed by atoms with Gasteiger partial charge in [-0.2, -0.15) is 0 Å². The molecule has 0 radical (unpaired) electrons. The van der Waals surface area contributed by atoms with E-state index in [1.807, 2.05) is 38.1 Å². The maximum atomic E-state index is 11.8. The molecule has 6 heteroatoms. The number of hydrogen-bond donors (Lipinski definition) is 2. The van der Waals surface area contributed by atoms with Crippen LogP contribution < -0.4 is 15.4 Å². The molecule has 1 aromatic carbocycles. The molecule has 2 atom stereocenters. The molecule has 2 N–H and O–H groups in total. The van der Waals surface area contributed by atoms with Crippen molar-refractivity contribution in [3.8, 4) is 5.75 Å². The Morgan fingerprint density at radius 3 is 2.56 bits per heavy atom. The van der Waals surface area contributed by atoms with Crippen molar-refractivity contribution in [2.45, 2.75) is 46.3 Å². The number of carbonyl (C=O) groups is 1. The molecule has 140 valence electrons. The third-order valence-electron chi connectivity index (χ3n) is 3.85. The number of ether oxygens (including phenoxy) is 1. The molecule has 0 heterocycles. The van der Waals surface area contributed by atoms with Crippen molar-refractivity contribution < 1.29 is 9.53 Å². The van der Waals surface area contributed by atoms with Crippen LogP contribution in [0.1, 0.15) is 32.8 Å². The van der Waals surface area contributed by atoms with Crippen LogP contribution >= 0.6 is 0 Å². The number of amides is 1. The molecule has 0 bridgehead atoms. The van der Waals surface area contributed by atoms with E-state index in [0.29, 0.717) is 12.5 Å². The van der Waals surface area contributed by atoms with Gasteiger partial charge < -0.3 is 20.3 Å². The number of carbonyl (C=O) groups excluding carboxylic acids is 1. The number of para-hydroxylation sites is 1. The van der Waals surface area contributed by atoms with Crippen LogP contribution in [-0.4, -0.2) is 56.1 Å². The number of aryl methyl sites for hydroxylation is 1. The van der Waals surface area contributed by atoms with Gasteiger partial charge in [-0.15, -0.1) is 0 Å². The van der Waals surface area contributed by atoms with Crippen molar-refractivity contribution >= 4 is 11.9 Å². The first-order chi connectivity index (χ1) is 11.8. The fourth-order valence-electron chi connectivity index (χ4n) is 1.96. The highest BCUT2D eigenvalue weighted by Crippen LogP contribution is 2.17. The van der Waals surface area contributed by atoms with Gasteiger partial charge in [0.2, 0.25) is 5.91 Å². The maximum Gasteiger partial charge on any atom is 0.243 e. The smallest absolute Gasteiger partial charge is 0.243 e. The van der Waals surface area contributed by atoms with Gasteiger partial charge in [0.1, 0.15) is 18.4 Å². The van der Waals surface area contributed by atoms with Gasteiger partial charge in [-0.25, -0.2) is 4.99 Å². The number of hydrogen-bond acceptors (Lipinski definition) is 3. The Hall–Kier alpha value is -2.24. The number of benzene rings is 1. The van der Waals surface area contributed by atoms with E-state index in [1.165, 1.54) is 4.90 Å². The van der Waals surface area contributed by atoms with E-state index in [2.05, 4.69) is 29.5 Å². The molecule has 6 nitrogen and oxygen atoms in total. The van der Waals surface area contributed by atoms with Gasteiger partial charge >= 0.3 is 0 Å². The van der Waals surface area contributed by atoms with E-state index in [9.17, 15) is 4.79 Å². The molecule has 0 aliphatic rings. The lowest BCUT2D eigenvalue weighted by Gasteiger charge is -2.21. The second-order valence-corrected chi connectivity index (χ2v) is 6.48. The lowest BCUT2D eigenvalue weighted by molar-refractivity contribution is -0.127. The van der Waals surface area contributed by atoms with E-state index in [4.69, 9.17) is 4.74 Å². The largest absolute Gasteiger partial charge is 0.489 e. The Labute approximate surface area is 151 Å². The zero-order chi connectivity index (χ0) is 18.8. The summed E-state index contributed by atoms with van der Waals surface area (Å²) in [6.07, 6.45) is 0.937. The van der Waals surface area contributed by atoms with Crippen LogP contribution in [0, 0.1) is 6.92 Å². The molecule has 0 aromatic heterocycles. The summed E-state index contributed by atoms with van der Waals surface area (Å²) in [5, 5.41) is 6.57. The molecule has 1 amide bonds. The second kappa shape index (κ2) is 10.6. The van der Waals surface area contributed by atoms with Gasteiger partial charge in [-0.05, 0) is 38.8 Å². The van der Waals surface area contributed by atoms with Gasteiger partial charge in [-0.3, -0.25) is 4.79 Å². The van der Waals surface area contributed by atoms with E-state index in [-0.39, 0.29) is 24.6 Å². The average Bonchev–Trinajstić information content (AvgIpc) is 2.58. The summed E-state index contributed by atoms with van der Waals surface area (Å²) >= 11 is 0. The highest BCUT2D eigenvalue weighted by atomic mass is 16.5. The number of aliphatic imine (C=N–C) groups is 1. The Kier molecular flexibility index (Phi) is 8.81. The van der Waals surface area contributed by atoms with Crippen LogP contribution in [0.25, 0.3) is 0 Å². The normalized spacial score (nSPS) is 13.8. The fraction of sp³-hybridized carbons (Fsp3) is 0.579. The highest BCUT2D eigenvalue weighted by Gasteiger charge is 2.10. The van der Waals surface area contributed by atoms with Crippen molar-refractivity contribution in [2.24, 2.45) is 4.99 Å². The number of rotatable bonds is 8. The summed E-state index contributed by atoms with van der Waals surface area (Å²) in [5.74, 6) is 1.48. The summed E-state index contributed by atoms with van der Waals surface area (Å²) in [5.41, 5.74) is 1.11. The molecule has 0 spiro atoms. The summed E-state index contributed by atoms with van der Waals surface area (Å²) in [4.78, 5) is 17.7. The third kappa shape index (κ3) is 7.92. The zero-order valence-electron chi connectivity index (χ0n) is 16.3. The SMILES string of the molecule is CCC(C)NC(=NCC(=O)N(C)C)NCC(C)Oc1ccccc1C. The maximum absolute atomic E-state index is 11.8. The summed E-state index contributed by atoms with van der Waals surface area (Å²) < 4.78 is 5.97. The van der Waals surface area contributed by atoms with Crippen molar-refractivity contribution in [1.82, 2.24) is 15.5 Å². The van der Waals surface area contributed by atoms with Crippen molar-refractivity contribution in [3.05, 3.63) is 29.8 Å². The third-order valence-corrected chi connectivity index (χ3v) is 3.85. The zero-order valence-corrected chi connectivity index (χ0v) is 16.3. The molecule has 1 aromatic rings. The first-order valence-electron chi connectivity index (χ1n) is 8.80. The standard InChI is InChI=1S/C19H32N4O2/c1-7-15(3)22-19(21-13-18(24)23(5)6)20-12-16(4)25-17-11-9-8-10-14(17)2/h8-11,15-16H,7,12-13H2,1-6H3,(H2,20,21,22). The van der Waals surface area contributed by atoms with Crippen LogP contribution in [-0.2, 0) is 4.79 Å². The number of nitrogens with one attached hydrogen (secondary N) is 2. The summed E-state index contributed by atoms with van der Waals surface area (Å²) in [7, 11) is 3.45. The van der Waals surface area contributed by atoms with Gasteiger partial charge in [-0.1, -0.05) is 25.1 Å². The number of nitrogens with zero attached hydrogens (tertiary/aromatic N) is 2. The molecule has 0 aliphatic carbocycles. The second-order valence-electron chi connectivity index (χ2n) is 6.48. The van der Waals surface area contributed by atoms with Crippen molar-refractivity contribution in [1.29, 1.82) is 0 Å². The van der Waals surface area contributed by atoms with E-state index in [0.717, 1.165) is 17.7 Å². The van der Waals surface area contributed by atoms with Gasteiger partial charge in [0.25, 0.3) is 0 Å². The minimum Gasteiger partial charge on any atom is -0.489 e. The molecular formula is C19H32N4O2. The monoisotopic (exact) mass is 348 g/mol. The molecule has 0 saturated heterocycles. The molecule has 2 unspecified atom stereocenters. The molecule has 1 rings (SSSR count). The fourth-order valence-corrected chi connectivity index (χ4v) is 1.96. The van der Waals surface area contributed by atoms with Crippen LogP contribution in [0.4, 0.5) is 0 Å².